The van der Waals surface area contributed by atoms with Crippen LogP contribution >= 0.6 is 11.3 Å². The van der Waals surface area contributed by atoms with E-state index in [1.807, 2.05) is 11.3 Å². The highest BCUT2D eigenvalue weighted by Gasteiger charge is 2.42. The summed E-state index contributed by atoms with van der Waals surface area (Å²) in [7, 11) is 0. The molecule has 0 aromatic carbocycles. The average Bonchev–Trinajstić information content (AvgIpc) is 2.75. The Morgan fingerprint density at radius 2 is 2.00 bits per heavy atom. The van der Waals surface area contributed by atoms with Gasteiger partial charge in [-0.15, -0.1) is 11.3 Å². The fourth-order valence-electron chi connectivity index (χ4n) is 3.76. The molecule has 0 bridgehead atoms. The van der Waals surface area contributed by atoms with E-state index in [0.717, 1.165) is 19.3 Å². The molecule has 1 fully saturated rings. The van der Waals surface area contributed by atoms with Crippen molar-refractivity contribution in [1.29, 1.82) is 0 Å². The second kappa shape index (κ2) is 5.97. The van der Waals surface area contributed by atoms with Gasteiger partial charge in [0.1, 0.15) is 0 Å². The second-order valence-electron chi connectivity index (χ2n) is 6.74. The van der Waals surface area contributed by atoms with Gasteiger partial charge < -0.3 is 5.11 Å². The molecule has 1 aromatic heterocycles. The van der Waals surface area contributed by atoms with Crippen LogP contribution in [0.3, 0.4) is 0 Å². The van der Waals surface area contributed by atoms with Crippen LogP contribution in [0.2, 0.25) is 0 Å². The summed E-state index contributed by atoms with van der Waals surface area (Å²) in [6.45, 7) is 9.01. The molecule has 19 heavy (non-hydrogen) atoms. The van der Waals surface area contributed by atoms with E-state index >= 15 is 0 Å². The van der Waals surface area contributed by atoms with Crippen molar-refractivity contribution >= 4 is 11.3 Å². The molecular weight excluding hydrogens is 252 g/mol. The van der Waals surface area contributed by atoms with Crippen LogP contribution in [-0.4, -0.2) is 10.7 Å². The summed E-state index contributed by atoms with van der Waals surface area (Å²) < 4.78 is 0. The van der Waals surface area contributed by atoms with Gasteiger partial charge in [0.2, 0.25) is 0 Å². The zero-order valence-corrected chi connectivity index (χ0v) is 13.6. The van der Waals surface area contributed by atoms with Gasteiger partial charge in [0, 0.05) is 16.2 Å². The quantitative estimate of drug-likeness (QED) is 0.849. The first-order valence-electron chi connectivity index (χ1n) is 7.74. The molecule has 0 amide bonds. The number of aryl methyl sites for hydroxylation is 1. The molecule has 3 atom stereocenters. The molecule has 1 heterocycles. The van der Waals surface area contributed by atoms with Crippen molar-refractivity contribution in [3.8, 4) is 0 Å². The van der Waals surface area contributed by atoms with Crippen LogP contribution in [0, 0.1) is 17.8 Å². The molecule has 3 unspecified atom stereocenters. The molecule has 1 aliphatic rings. The highest BCUT2D eigenvalue weighted by atomic mass is 32.1. The molecule has 0 radical (unpaired) electrons. The lowest BCUT2D eigenvalue weighted by Gasteiger charge is -2.44. The van der Waals surface area contributed by atoms with Crippen molar-refractivity contribution in [3.05, 3.63) is 21.9 Å². The highest BCUT2D eigenvalue weighted by molar-refractivity contribution is 7.12. The van der Waals surface area contributed by atoms with Gasteiger partial charge in [0.25, 0.3) is 0 Å². The van der Waals surface area contributed by atoms with Crippen LogP contribution < -0.4 is 0 Å². The van der Waals surface area contributed by atoms with Gasteiger partial charge >= 0.3 is 0 Å². The van der Waals surface area contributed by atoms with Crippen LogP contribution in [0.5, 0.6) is 0 Å². The normalized spacial score (nSPS) is 31.9. The van der Waals surface area contributed by atoms with Crippen LogP contribution in [-0.2, 0) is 12.8 Å². The van der Waals surface area contributed by atoms with Crippen molar-refractivity contribution < 1.29 is 5.11 Å². The Kier molecular flexibility index (Phi) is 4.73. The molecule has 2 heteroatoms. The molecule has 1 N–H and O–H groups in total. The smallest absolute Gasteiger partial charge is 0.0728 e. The summed E-state index contributed by atoms with van der Waals surface area (Å²) in [5.41, 5.74) is -0.484. The van der Waals surface area contributed by atoms with E-state index in [4.69, 9.17) is 0 Å². The molecule has 0 spiro atoms. The van der Waals surface area contributed by atoms with Gasteiger partial charge in [-0.25, -0.2) is 0 Å². The lowest BCUT2D eigenvalue weighted by atomic mass is 9.65. The van der Waals surface area contributed by atoms with E-state index in [2.05, 4.69) is 39.8 Å². The molecule has 1 aromatic rings. The zero-order chi connectivity index (χ0) is 14.0. The number of hydrogen-bond donors (Lipinski definition) is 1. The number of thiophene rings is 1. The monoisotopic (exact) mass is 280 g/mol. The van der Waals surface area contributed by atoms with Crippen LogP contribution in [0.1, 0.15) is 56.7 Å². The first-order chi connectivity index (χ1) is 8.94. The predicted octanol–water partition coefficient (Wildman–Crippen LogP) is 4.68. The summed E-state index contributed by atoms with van der Waals surface area (Å²) in [6.07, 6.45) is 5.38. The third kappa shape index (κ3) is 3.41. The minimum absolute atomic E-state index is 0.455. The zero-order valence-electron chi connectivity index (χ0n) is 12.8. The SMILES string of the molecule is CCc1ccc(CC2(O)CC(C)CCC2C(C)C)s1. The van der Waals surface area contributed by atoms with Crippen molar-refractivity contribution in [2.24, 2.45) is 17.8 Å². The van der Waals surface area contributed by atoms with Crippen LogP contribution in [0.4, 0.5) is 0 Å². The topological polar surface area (TPSA) is 20.2 Å². The highest BCUT2D eigenvalue weighted by Crippen LogP contribution is 2.43. The van der Waals surface area contributed by atoms with E-state index in [0.29, 0.717) is 17.8 Å². The lowest BCUT2D eigenvalue weighted by molar-refractivity contribution is -0.0789. The van der Waals surface area contributed by atoms with Gasteiger partial charge in [-0.3, -0.25) is 0 Å². The number of hydrogen-bond acceptors (Lipinski definition) is 2. The first-order valence-corrected chi connectivity index (χ1v) is 8.56. The van der Waals surface area contributed by atoms with Gasteiger partial charge in [0.05, 0.1) is 5.60 Å². The Balaban J connectivity index is 2.16. The van der Waals surface area contributed by atoms with E-state index < -0.39 is 5.60 Å². The van der Waals surface area contributed by atoms with Gasteiger partial charge in [-0.1, -0.05) is 34.1 Å². The minimum Gasteiger partial charge on any atom is -0.389 e. The van der Waals surface area contributed by atoms with Crippen molar-refractivity contribution in [3.63, 3.8) is 0 Å². The van der Waals surface area contributed by atoms with Gasteiger partial charge in [-0.2, -0.15) is 0 Å². The summed E-state index contributed by atoms with van der Waals surface area (Å²) in [5, 5.41) is 11.2. The predicted molar refractivity (Wildman–Crippen MR) is 83.7 cm³/mol. The van der Waals surface area contributed by atoms with Crippen LogP contribution in [0.25, 0.3) is 0 Å². The average molecular weight is 280 g/mol. The fourth-order valence-corrected chi connectivity index (χ4v) is 4.83. The standard InChI is InChI=1S/C17H28OS/c1-5-14-7-8-15(19-14)11-17(18)10-13(4)6-9-16(17)12(2)3/h7-8,12-13,16,18H,5-6,9-11H2,1-4H3. The number of rotatable bonds is 4. The maximum Gasteiger partial charge on any atom is 0.0728 e. The van der Waals surface area contributed by atoms with Gasteiger partial charge in [-0.05, 0) is 49.1 Å². The van der Waals surface area contributed by atoms with Crippen molar-refractivity contribution in [2.75, 3.05) is 0 Å². The van der Waals surface area contributed by atoms with Crippen molar-refractivity contribution in [2.45, 2.75) is 65.4 Å². The Morgan fingerprint density at radius 3 is 2.58 bits per heavy atom. The molecular formula is C17H28OS. The molecule has 1 saturated carbocycles. The maximum absolute atomic E-state index is 11.2. The third-order valence-electron chi connectivity index (χ3n) is 4.71. The maximum atomic E-state index is 11.2. The second-order valence-corrected chi connectivity index (χ2v) is 7.99. The molecule has 2 rings (SSSR count). The Labute approximate surface area is 122 Å². The van der Waals surface area contributed by atoms with E-state index in [1.54, 1.807) is 0 Å². The molecule has 0 aliphatic heterocycles. The molecule has 108 valence electrons. The number of aliphatic hydroxyl groups is 1. The molecule has 0 saturated heterocycles. The Hall–Kier alpha value is -0.340. The summed E-state index contributed by atoms with van der Waals surface area (Å²) in [5.74, 6) is 1.68. The lowest BCUT2D eigenvalue weighted by Crippen LogP contribution is -2.47. The van der Waals surface area contributed by atoms with Crippen molar-refractivity contribution in [1.82, 2.24) is 0 Å². The Morgan fingerprint density at radius 1 is 1.32 bits per heavy atom. The van der Waals surface area contributed by atoms with Crippen LogP contribution in [0.15, 0.2) is 12.1 Å². The summed E-state index contributed by atoms with van der Waals surface area (Å²) >= 11 is 1.88. The van der Waals surface area contributed by atoms with Gasteiger partial charge in [0.15, 0.2) is 0 Å². The largest absolute Gasteiger partial charge is 0.389 e. The third-order valence-corrected chi connectivity index (χ3v) is 5.94. The Bertz CT molecular complexity index is 409. The summed E-state index contributed by atoms with van der Waals surface area (Å²) in [6, 6.07) is 4.44. The minimum atomic E-state index is -0.484. The first kappa shape index (κ1) is 15.1. The van der Waals surface area contributed by atoms with E-state index in [9.17, 15) is 5.11 Å². The van der Waals surface area contributed by atoms with E-state index in [1.165, 1.54) is 22.6 Å². The summed E-state index contributed by atoms with van der Waals surface area (Å²) in [4.78, 5) is 2.79. The fraction of sp³-hybridized carbons (Fsp3) is 0.765. The molecule has 1 aliphatic carbocycles. The molecule has 1 nitrogen and oxygen atoms in total. The van der Waals surface area contributed by atoms with E-state index in [-0.39, 0.29) is 0 Å².